The van der Waals surface area contributed by atoms with Gasteiger partial charge in [-0.2, -0.15) is 4.68 Å². The fourth-order valence-corrected chi connectivity index (χ4v) is 4.60. The molecule has 0 unspecified atom stereocenters. The molecule has 5 nitrogen and oxygen atoms in total. The molecule has 2 aromatic carbocycles. The quantitative estimate of drug-likeness (QED) is 0.451. The summed E-state index contributed by atoms with van der Waals surface area (Å²) >= 11 is 1.38. The number of nitrogens with zero attached hydrogens (tertiary/aromatic N) is 4. The fourth-order valence-electron chi connectivity index (χ4n) is 3.44. The van der Waals surface area contributed by atoms with Gasteiger partial charge in [0.05, 0.1) is 5.69 Å². The zero-order valence-electron chi connectivity index (χ0n) is 14.2. The summed E-state index contributed by atoms with van der Waals surface area (Å²) in [6.07, 6.45) is 0. The van der Waals surface area contributed by atoms with E-state index in [4.69, 9.17) is 0 Å². The van der Waals surface area contributed by atoms with Gasteiger partial charge in [-0.1, -0.05) is 41.6 Å². The van der Waals surface area contributed by atoms with Gasteiger partial charge in [0.1, 0.15) is 15.0 Å². The number of hydrogen-bond donors (Lipinski definition) is 0. The van der Waals surface area contributed by atoms with Gasteiger partial charge < -0.3 is 0 Å². The molecule has 26 heavy (non-hydrogen) atoms. The molecule has 0 aliphatic heterocycles. The van der Waals surface area contributed by atoms with Crippen LogP contribution in [0, 0.1) is 13.8 Å². The second-order valence-corrected chi connectivity index (χ2v) is 7.34. The first-order valence-corrected chi connectivity index (χ1v) is 9.10. The highest BCUT2D eigenvalue weighted by atomic mass is 32.1. The van der Waals surface area contributed by atoms with Crippen molar-refractivity contribution in [2.75, 3.05) is 0 Å². The molecule has 5 aromatic rings. The first kappa shape index (κ1) is 15.2. The highest BCUT2D eigenvalue weighted by Gasteiger charge is 2.17. The van der Waals surface area contributed by atoms with Crippen molar-refractivity contribution in [3.63, 3.8) is 0 Å². The van der Waals surface area contributed by atoms with Crippen LogP contribution in [0.2, 0.25) is 0 Å². The van der Waals surface area contributed by atoms with Crippen LogP contribution in [0.5, 0.6) is 0 Å². The standard InChI is InChI=1S/C20H14N4OS/c1-11-10-12(2)21-19-16(11)17-18(26-19)20(25)24(23-22-17)15-9-5-7-13-6-3-4-8-14(13)15/h3-10H,1-2H3. The molecule has 126 valence electrons. The molecule has 5 rings (SSSR count). The molecule has 0 bridgehead atoms. The maximum atomic E-state index is 13.2. The van der Waals surface area contributed by atoms with Gasteiger partial charge in [0.15, 0.2) is 0 Å². The topological polar surface area (TPSA) is 60.7 Å². The lowest BCUT2D eigenvalue weighted by Gasteiger charge is -2.07. The van der Waals surface area contributed by atoms with E-state index in [9.17, 15) is 4.79 Å². The molecule has 3 heterocycles. The first-order valence-electron chi connectivity index (χ1n) is 8.28. The summed E-state index contributed by atoms with van der Waals surface area (Å²) in [6.45, 7) is 3.97. The lowest BCUT2D eigenvalue weighted by molar-refractivity contribution is 0.745. The molecular weight excluding hydrogens is 344 g/mol. The molecule has 3 aromatic heterocycles. The van der Waals surface area contributed by atoms with Crippen LogP contribution in [0.4, 0.5) is 0 Å². The van der Waals surface area contributed by atoms with E-state index in [1.807, 2.05) is 62.4 Å². The highest BCUT2D eigenvalue weighted by Crippen LogP contribution is 2.31. The number of hydrogen-bond acceptors (Lipinski definition) is 5. The Hall–Kier alpha value is -3.12. The van der Waals surface area contributed by atoms with Crippen molar-refractivity contribution in [3.8, 4) is 5.69 Å². The van der Waals surface area contributed by atoms with Gasteiger partial charge in [0, 0.05) is 16.5 Å². The predicted molar refractivity (Wildman–Crippen MR) is 105 cm³/mol. The van der Waals surface area contributed by atoms with Crippen molar-refractivity contribution in [3.05, 3.63) is 70.1 Å². The number of thiophene rings is 1. The number of aromatic nitrogens is 4. The molecule has 0 saturated carbocycles. The van der Waals surface area contributed by atoms with Gasteiger partial charge in [-0.25, -0.2) is 4.98 Å². The van der Waals surface area contributed by atoms with Crippen LogP contribution in [-0.2, 0) is 0 Å². The zero-order chi connectivity index (χ0) is 17.8. The van der Waals surface area contributed by atoms with E-state index in [1.165, 1.54) is 16.0 Å². The predicted octanol–water partition coefficient (Wildman–Crippen LogP) is 4.16. The van der Waals surface area contributed by atoms with Gasteiger partial charge in [-0.15, -0.1) is 16.4 Å². The Morgan fingerprint density at radius 3 is 2.73 bits per heavy atom. The summed E-state index contributed by atoms with van der Waals surface area (Å²) in [7, 11) is 0. The largest absolute Gasteiger partial charge is 0.292 e. The van der Waals surface area contributed by atoms with E-state index >= 15 is 0 Å². The van der Waals surface area contributed by atoms with Gasteiger partial charge in [0.25, 0.3) is 5.56 Å². The molecule has 0 N–H and O–H groups in total. The minimum absolute atomic E-state index is 0.161. The molecule has 0 fully saturated rings. The molecule has 0 aliphatic carbocycles. The van der Waals surface area contributed by atoms with Crippen molar-refractivity contribution in [1.82, 2.24) is 20.0 Å². The third-order valence-corrected chi connectivity index (χ3v) is 5.64. The second-order valence-electron chi connectivity index (χ2n) is 6.35. The molecule has 0 amide bonds. The normalized spacial score (nSPS) is 11.6. The van der Waals surface area contributed by atoms with Gasteiger partial charge in [-0.3, -0.25) is 4.79 Å². The van der Waals surface area contributed by atoms with Gasteiger partial charge in [0.2, 0.25) is 0 Å². The van der Waals surface area contributed by atoms with Crippen LogP contribution < -0.4 is 5.56 Å². The number of rotatable bonds is 1. The minimum atomic E-state index is -0.161. The molecule has 0 spiro atoms. The molecule has 0 radical (unpaired) electrons. The van der Waals surface area contributed by atoms with Gasteiger partial charge >= 0.3 is 0 Å². The van der Waals surface area contributed by atoms with Crippen molar-refractivity contribution < 1.29 is 0 Å². The summed E-state index contributed by atoms with van der Waals surface area (Å²) in [5, 5.41) is 11.6. The highest BCUT2D eigenvalue weighted by molar-refractivity contribution is 7.25. The van der Waals surface area contributed by atoms with E-state index in [0.29, 0.717) is 10.2 Å². The number of pyridine rings is 1. The third-order valence-electron chi connectivity index (χ3n) is 4.58. The Morgan fingerprint density at radius 2 is 1.85 bits per heavy atom. The van der Waals surface area contributed by atoms with Crippen LogP contribution in [-0.4, -0.2) is 20.0 Å². The Balaban J connectivity index is 1.88. The maximum Gasteiger partial charge on any atom is 0.292 e. The van der Waals surface area contributed by atoms with Crippen LogP contribution in [0.3, 0.4) is 0 Å². The molecular formula is C20H14N4OS. The summed E-state index contributed by atoms with van der Waals surface area (Å²) in [4.78, 5) is 18.6. The van der Waals surface area contributed by atoms with Crippen molar-refractivity contribution in [1.29, 1.82) is 0 Å². The Morgan fingerprint density at radius 1 is 1.04 bits per heavy atom. The average Bonchev–Trinajstić information content (AvgIpc) is 3.01. The summed E-state index contributed by atoms with van der Waals surface area (Å²) < 4.78 is 1.98. The van der Waals surface area contributed by atoms with Crippen molar-refractivity contribution >= 4 is 42.5 Å². The third kappa shape index (κ3) is 2.09. The molecule has 0 atom stereocenters. The minimum Gasteiger partial charge on any atom is -0.266 e. The van der Waals surface area contributed by atoms with E-state index in [0.717, 1.165) is 37.9 Å². The van der Waals surface area contributed by atoms with E-state index < -0.39 is 0 Å². The van der Waals surface area contributed by atoms with E-state index in [2.05, 4.69) is 15.3 Å². The summed E-state index contributed by atoms with van der Waals surface area (Å²) in [5.74, 6) is 0. The Kier molecular flexibility index (Phi) is 3.17. The van der Waals surface area contributed by atoms with Crippen LogP contribution in [0.1, 0.15) is 11.3 Å². The average molecular weight is 358 g/mol. The number of aryl methyl sites for hydroxylation is 2. The fraction of sp³-hybridized carbons (Fsp3) is 0.100. The van der Waals surface area contributed by atoms with Gasteiger partial charge in [-0.05, 0) is 36.9 Å². The van der Waals surface area contributed by atoms with Crippen molar-refractivity contribution in [2.45, 2.75) is 13.8 Å². The lowest BCUT2D eigenvalue weighted by atomic mass is 10.1. The Labute approximate surface area is 152 Å². The van der Waals surface area contributed by atoms with E-state index in [1.54, 1.807) is 0 Å². The Bertz CT molecular complexity index is 1380. The molecule has 0 saturated heterocycles. The smallest absolute Gasteiger partial charge is 0.266 e. The van der Waals surface area contributed by atoms with Crippen LogP contribution in [0.25, 0.3) is 36.9 Å². The number of benzene rings is 2. The maximum absolute atomic E-state index is 13.2. The first-order chi connectivity index (χ1) is 12.6. The number of fused-ring (bicyclic) bond motifs is 4. The van der Waals surface area contributed by atoms with Crippen LogP contribution >= 0.6 is 11.3 Å². The summed E-state index contributed by atoms with van der Waals surface area (Å²) in [5.41, 5.74) is 3.21. The van der Waals surface area contributed by atoms with E-state index in [-0.39, 0.29) is 5.56 Å². The monoisotopic (exact) mass is 358 g/mol. The lowest BCUT2D eigenvalue weighted by Crippen LogP contribution is -2.21. The second kappa shape index (κ2) is 5.44. The van der Waals surface area contributed by atoms with Crippen LogP contribution in [0.15, 0.2) is 53.3 Å². The molecule has 6 heteroatoms. The van der Waals surface area contributed by atoms with Crippen molar-refractivity contribution in [2.24, 2.45) is 0 Å². The molecule has 0 aliphatic rings. The SMILES string of the molecule is Cc1cc(C)c2c(n1)sc1c(=O)n(-c3cccc4ccccc34)nnc12. The zero-order valence-corrected chi connectivity index (χ0v) is 15.0. The summed E-state index contributed by atoms with van der Waals surface area (Å²) in [6, 6.07) is 15.8.